The van der Waals surface area contributed by atoms with E-state index in [4.69, 9.17) is 5.73 Å². The second-order valence-corrected chi connectivity index (χ2v) is 10.1. The molecule has 11 nitrogen and oxygen atoms in total. The number of carboxylic acid groups (broad SMARTS) is 1. The maximum Gasteiger partial charge on any atom is 0.326 e. The highest BCUT2D eigenvalue weighted by atomic mass is 16.4. The highest BCUT2D eigenvalue weighted by Gasteiger charge is 2.36. The van der Waals surface area contributed by atoms with Crippen LogP contribution in [0.2, 0.25) is 0 Å². The summed E-state index contributed by atoms with van der Waals surface area (Å²) in [5.41, 5.74) is 9.62. The van der Waals surface area contributed by atoms with Gasteiger partial charge in [-0.1, -0.05) is 36.4 Å². The number of carboxylic acids is 1. The summed E-state index contributed by atoms with van der Waals surface area (Å²) in [6, 6.07) is 12.4. The van der Waals surface area contributed by atoms with Crippen LogP contribution in [0.15, 0.2) is 60.9 Å². The molecule has 2 aromatic carbocycles. The van der Waals surface area contributed by atoms with Gasteiger partial charge in [0.2, 0.25) is 17.7 Å². The molecule has 1 aliphatic rings. The van der Waals surface area contributed by atoms with Crippen LogP contribution in [0.3, 0.4) is 0 Å². The van der Waals surface area contributed by atoms with Gasteiger partial charge in [-0.3, -0.25) is 14.4 Å². The maximum atomic E-state index is 13.1. The largest absolute Gasteiger partial charge is 0.480 e. The molecule has 208 valence electrons. The first-order valence-corrected chi connectivity index (χ1v) is 13.3. The van der Waals surface area contributed by atoms with Crippen molar-refractivity contribution >= 4 is 45.5 Å². The molecule has 4 aromatic rings. The summed E-state index contributed by atoms with van der Waals surface area (Å²) in [6.07, 6.45) is 4.95. The fourth-order valence-electron chi connectivity index (χ4n) is 5.35. The van der Waals surface area contributed by atoms with Crippen molar-refractivity contribution in [2.45, 2.75) is 43.8 Å². The number of nitrogens with one attached hydrogen (secondary N) is 4. The summed E-state index contributed by atoms with van der Waals surface area (Å²) in [5, 5.41) is 16.9. The first kappa shape index (κ1) is 26.9. The number of hydrogen-bond donors (Lipinski definition) is 6. The van der Waals surface area contributed by atoms with Gasteiger partial charge in [0.15, 0.2) is 0 Å². The normalized spacial score (nSPS) is 16.6. The lowest BCUT2D eigenvalue weighted by atomic mass is 10.0. The van der Waals surface area contributed by atoms with Crippen molar-refractivity contribution in [1.82, 2.24) is 25.5 Å². The van der Waals surface area contributed by atoms with Crippen molar-refractivity contribution < 1.29 is 24.3 Å². The third-order valence-electron chi connectivity index (χ3n) is 7.45. The van der Waals surface area contributed by atoms with Crippen molar-refractivity contribution in [3.05, 3.63) is 72.1 Å². The number of likely N-dealkylation sites (tertiary alicyclic amines) is 1. The van der Waals surface area contributed by atoms with E-state index in [1.54, 1.807) is 6.20 Å². The molecular weight excluding hydrogens is 512 g/mol. The average Bonchev–Trinajstić information content (AvgIpc) is 3.70. The highest BCUT2D eigenvalue weighted by Crippen LogP contribution is 2.21. The van der Waals surface area contributed by atoms with Crippen LogP contribution >= 0.6 is 0 Å². The first-order chi connectivity index (χ1) is 19.3. The molecule has 40 heavy (non-hydrogen) atoms. The van der Waals surface area contributed by atoms with Crippen molar-refractivity contribution in [3.8, 4) is 0 Å². The molecule has 1 saturated heterocycles. The van der Waals surface area contributed by atoms with Gasteiger partial charge in [0.25, 0.3) is 0 Å². The van der Waals surface area contributed by atoms with Gasteiger partial charge in [-0.05, 0) is 42.5 Å². The fourth-order valence-corrected chi connectivity index (χ4v) is 5.35. The molecule has 0 radical (unpaired) electrons. The van der Waals surface area contributed by atoms with E-state index in [2.05, 4.69) is 20.6 Å². The molecule has 0 bridgehead atoms. The minimum absolute atomic E-state index is 0.0934. The van der Waals surface area contributed by atoms with Crippen molar-refractivity contribution in [1.29, 1.82) is 0 Å². The quantitative estimate of drug-likeness (QED) is 0.176. The Morgan fingerprint density at radius 3 is 2.17 bits per heavy atom. The number of benzene rings is 2. The van der Waals surface area contributed by atoms with Crippen molar-refractivity contribution in [2.75, 3.05) is 13.1 Å². The van der Waals surface area contributed by atoms with Gasteiger partial charge in [0.05, 0.1) is 12.6 Å². The number of H-pyrrole nitrogens is 2. The number of fused-ring (bicyclic) bond motifs is 2. The Morgan fingerprint density at radius 2 is 1.55 bits per heavy atom. The van der Waals surface area contributed by atoms with Gasteiger partial charge in [-0.15, -0.1) is 0 Å². The Hall–Kier alpha value is -4.64. The number of rotatable bonds is 10. The van der Waals surface area contributed by atoms with Crippen LogP contribution in [0.25, 0.3) is 21.8 Å². The molecule has 3 amide bonds. The summed E-state index contributed by atoms with van der Waals surface area (Å²) in [7, 11) is 0. The molecule has 5 rings (SSSR count). The van der Waals surface area contributed by atoms with Gasteiger partial charge < -0.3 is 36.3 Å². The molecular formula is C29H32N6O5. The number of amides is 3. The van der Waals surface area contributed by atoms with E-state index in [1.165, 1.54) is 4.90 Å². The first-order valence-electron chi connectivity index (χ1n) is 13.3. The van der Waals surface area contributed by atoms with E-state index >= 15 is 0 Å². The van der Waals surface area contributed by atoms with Crippen LogP contribution in [0.5, 0.6) is 0 Å². The molecule has 11 heteroatoms. The van der Waals surface area contributed by atoms with Crippen LogP contribution in [0.1, 0.15) is 24.0 Å². The average molecular weight is 545 g/mol. The van der Waals surface area contributed by atoms with E-state index in [-0.39, 0.29) is 13.0 Å². The number of nitrogens with two attached hydrogens (primary N) is 1. The number of aromatic amines is 2. The van der Waals surface area contributed by atoms with Crippen molar-refractivity contribution in [3.63, 3.8) is 0 Å². The molecule has 2 aromatic heterocycles. The van der Waals surface area contributed by atoms with E-state index in [1.807, 2.05) is 54.7 Å². The van der Waals surface area contributed by atoms with Gasteiger partial charge in [-0.25, -0.2) is 4.79 Å². The highest BCUT2D eigenvalue weighted by molar-refractivity contribution is 5.93. The summed E-state index contributed by atoms with van der Waals surface area (Å²) < 4.78 is 0. The predicted molar refractivity (Wildman–Crippen MR) is 149 cm³/mol. The Bertz CT molecular complexity index is 1560. The predicted octanol–water partition coefficient (Wildman–Crippen LogP) is 1.44. The number of hydrogen-bond acceptors (Lipinski definition) is 5. The molecule has 0 spiro atoms. The molecule has 0 saturated carbocycles. The molecule has 3 unspecified atom stereocenters. The summed E-state index contributed by atoms with van der Waals surface area (Å²) in [4.78, 5) is 58.4. The third kappa shape index (κ3) is 5.69. The number of aliphatic carboxylic acids is 1. The van der Waals surface area contributed by atoms with Crippen LogP contribution in [-0.2, 0) is 32.0 Å². The number of aromatic nitrogens is 2. The van der Waals surface area contributed by atoms with E-state index < -0.39 is 41.8 Å². The van der Waals surface area contributed by atoms with Gasteiger partial charge >= 0.3 is 5.97 Å². The van der Waals surface area contributed by atoms with Crippen LogP contribution in [0.4, 0.5) is 0 Å². The van der Waals surface area contributed by atoms with Crippen LogP contribution in [-0.4, -0.2) is 74.9 Å². The maximum absolute atomic E-state index is 13.1. The molecule has 3 heterocycles. The Labute approximate surface area is 230 Å². The zero-order chi connectivity index (χ0) is 28.2. The van der Waals surface area contributed by atoms with Gasteiger partial charge in [0.1, 0.15) is 12.1 Å². The number of carbonyl (C=O) groups excluding carboxylic acids is 3. The Morgan fingerprint density at radius 1 is 0.950 bits per heavy atom. The smallest absolute Gasteiger partial charge is 0.326 e. The zero-order valence-electron chi connectivity index (χ0n) is 21.9. The lowest BCUT2D eigenvalue weighted by molar-refractivity contribution is -0.144. The monoisotopic (exact) mass is 544 g/mol. The molecule has 3 atom stereocenters. The van der Waals surface area contributed by atoms with Crippen LogP contribution < -0.4 is 16.4 Å². The zero-order valence-corrected chi connectivity index (χ0v) is 21.9. The fraction of sp³-hybridized carbons (Fsp3) is 0.310. The SMILES string of the molecule is NC(Cc1c[nH]c2ccccc12)C(=O)NCC(=O)N1CCCC1C(=O)NC(Cc1c[nH]c2ccccc12)C(=O)O. The number of carbonyl (C=O) groups is 4. The minimum Gasteiger partial charge on any atom is -0.480 e. The van der Waals surface area contributed by atoms with Crippen LogP contribution in [0, 0.1) is 0 Å². The lowest BCUT2D eigenvalue weighted by Crippen LogP contribution is -2.53. The van der Waals surface area contributed by atoms with E-state index in [0.717, 1.165) is 32.9 Å². The minimum atomic E-state index is -1.16. The Kier molecular flexibility index (Phi) is 7.83. The standard InChI is InChI=1S/C29H32N6O5/c30-21(12-17-14-31-22-8-3-1-6-19(17)22)27(37)33-16-26(36)35-11-5-10-25(35)28(38)34-24(29(39)40)13-18-15-32-23-9-4-2-7-20(18)23/h1-4,6-9,14-15,21,24-25,31-32H,5,10-13,16,30H2,(H,33,37)(H,34,38)(H,39,40). The second-order valence-electron chi connectivity index (χ2n) is 10.1. The van der Waals surface area contributed by atoms with Crippen molar-refractivity contribution in [2.24, 2.45) is 5.73 Å². The van der Waals surface area contributed by atoms with Gasteiger partial charge in [-0.2, -0.15) is 0 Å². The second kappa shape index (κ2) is 11.6. The molecule has 7 N–H and O–H groups in total. The lowest BCUT2D eigenvalue weighted by Gasteiger charge is -2.26. The summed E-state index contributed by atoms with van der Waals surface area (Å²) in [5.74, 6) is -2.58. The van der Waals surface area contributed by atoms with E-state index in [0.29, 0.717) is 25.8 Å². The summed E-state index contributed by atoms with van der Waals surface area (Å²) in [6.45, 7) is 0.0380. The van der Waals surface area contributed by atoms with E-state index in [9.17, 15) is 24.3 Å². The topological polar surface area (TPSA) is 173 Å². The molecule has 1 fully saturated rings. The van der Waals surface area contributed by atoms with Gasteiger partial charge in [0, 0.05) is 47.2 Å². The number of nitrogens with zero attached hydrogens (tertiary/aromatic N) is 1. The third-order valence-corrected chi connectivity index (χ3v) is 7.45. The number of para-hydroxylation sites is 2. The summed E-state index contributed by atoms with van der Waals surface area (Å²) >= 11 is 0. The molecule has 1 aliphatic heterocycles. The molecule has 0 aliphatic carbocycles. The Balaban J connectivity index is 1.16.